The molecular formula is C10H12N4O2. The maximum Gasteiger partial charge on any atom is 0.269 e. The van der Waals surface area contributed by atoms with Crippen LogP contribution >= 0.6 is 0 Å². The Bertz CT molecular complexity index is 446. The van der Waals surface area contributed by atoms with Crippen LogP contribution in [0.4, 0.5) is 0 Å². The molecule has 2 aliphatic rings. The zero-order valence-corrected chi connectivity index (χ0v) is 9.12. The predicted molar refractivity (Wildman–Crippen MR) is 60.1 cm³/mol. The lowest BCUT2D eigenvalue weighted by molar-refractivity contribution is -0.418. The van der Waals surface area contributed by atoms with Gasteiger partial charge in [0.25, 0.3) is 5.70 Å². The molecule has 0 N–H and O–H groups in total. The summed E-state index contributed by atoms with van der Waals surface area (Å²) in [5.41, 5.74) is 1.74. The van der Waals surface area contributed by atoms with E-state index in [0.29, 0.717) is 6.67 Å². The number of hydrogen-bond donors (Lipinski definition) is 0. The van der Waals surface area contributed by atoms with Gasteiger partial charge in [-0.15, -0.1) is 0 Å². The van der Waals surface area contributed by atoms with Crippen molar-refractivity contribution in [3.05, 3.63) is 45.8 Å². The molecule has 0 fully saturated rings. The van der Waals surface area contributed by atoms with E-state index in [-0.39, 0.29) is 5.70 Å². The van der Waals surface area contributed by atoms with Crippen molar-refractivity contribution in [2.24, 2.45) is 4.99 Å². The normalized spacial score (nSPS) is 18.9. The third-order valence-electron chi connectivity index (χ3n) is 2.43. The van der Waals surface area contributed by atoms with Crippen LogP contribution in [0.5, 0.6) is 0 Å². The molecule has 6 nitrogen and oxygen atoms in total. The van der Waals surface area contributed by atoms with Gasteiger partial charge in [0.15, 0.2) is 0 Å². The molecule has 16 heavy (non-hydrogen) atoms. The van der Waals surface area contributed by atoms with E-state index in [1.807, 2.05) is 24.1 Å². The van der Waals surface area contributed by atoms with Crippen molar-refractivity contribution >= 4 is 5.71 Å². The van der Waals surface area contributed by atoms with Gasteiger partial charge in [-0.25, -0.2) is 5.01 Å². The van der Waals surface area contributed by atoms with Crippen LogP contribution in [0, 0.1) is 10.1 Å². The van der Waals surface area contributed by atoms with E-state index in [2.05, 4.69) is 4.99 Å². The molecule has 6 heteroatoms. The van der Waals surface area contributed by atoms with Crippen LogP contribution in [-0.4, -0.2) is 41.4 Å². The quantitative estimate of drug-likeness (QED) is 0.510. The third kappa shape index (κ3) is 1.74. The van der Waals surface area contributed by atoms with E-state index in [0.717, 1.165) is 11.4 Å². The smallest absolute Gasteiger partial charge is 0.269 e. The van der Waals surface area contributed by atoms with Crippen LogP contribution in [0.2, 0.25) is 0 Å². The molecule has 0 spiro atoms. The minimum Gasteiger partial charge on any atom is -0.283 e. The van der Waals surface area contributed by atoms with E-state index in [9.17, 15) is 10.1 Å². The first kappa shape index (κ1) is 10.6. The van der Waals surface area contributed by atoms with Crippen molar-refractivity contribution in [1.29, 1.82) is 0 Å². The highest BCUT2D eigenvalue weighted by Gasteiger charge is 2.23. The first-order chi connectivity index (χ1) is 7.59. The van der Waals surface area contributed by atoms with Gasteiger partial charge in [0, 0.05) is 26.2 Å². The number of rotatable bonds is 2. The molecule has 0 saturated carbocycles. The van der Waals surface area contributed by atoms with Gasteiger partial charge in [-0.05, 0) is 12.2 Å². The first-order valence-electron chi connectivity index (χ1n) is 4.83. The minimum atomic E-state index is -0.408. The van der Waals surface area contributed by atoms with E-state index in [1.54, 1.807) is 12.2 Å². The number of hydrazine groups is 1. The van der Waals surface area contributed by atoms with Crippen LogP contribution in [0.1, 0.15) is 0 Å². The molecule has 0 radical (unpaired) electrons. The summed E-state index contributed by atoms with van der Waals surface area (Å²) >= 11 is 0. The summed E-state index contributed by atoms with van der Waals surface area (Å²) in [4.78, 5) is 14.5. The monoisotopic (exact) mass is 220 g/mol. The summed E-state index contributed by atoms with van der Waals surface area (Å²) in [5.74, 6) is 0. The van der Waals surface area contributed by atoms with Crippen molar-refractivity contribution in [3.8, 4) is 0 Å². The molecule has 2 rings (SSSR count). The molecule has 0 unspecified atom stereocenters. The number of hydrogen-bond acceptors (Lipinski definition) is 5. The first-order valence-corrected chi connectivity index (χ1v) is 4.83. The van der Waals surface area contributed by atoms with Crippen molar-refractivity contribution < 1.29 is 4.92 Å². The van der Waals surface area contributed by atoms with E-state index < -0.39 is 4.92 Å². The van der Waals surface area contributed by atoms with Gasteiger partial charge in [0.1, 0.15) is 6.67 Å². The summed E-state index contributed by atoms with van der Waals surface area (Å²) in [7, 11) is 3.82. The Balaban J connectivity index is 2.35. The van der Waals surface area contributed by atoms with Crippen LogP contribution in [0.3, 0.4) is 0 Å². The summed E-state index contributed by atoms with van der Waals surface area (Å²) in [6.07, 6.45) is 6.37. The Labute approximate surface area is 93.0 Å². The van der Waals surface area contributed by atoms with E-state index in [1.165, 1.54) is 12.2 Å². The molecule has 0 aromatic heterocycles. The number of aliphatic imine (C=N–C) groups is 1. The molecule has 0 amide bonds. The highest BCUT2D eigenvalue weighted by Crippen LogP contribution is 2.20. The molecule has 84 valence electrons. The zero-order valence-electron chi connectivity index (χ0n) is 9.12. The Morgan fingerprint density at radius 2 is 2.19 bits per heavy atom. The second-order valence-corrected chi connectivity index (χ2v) is 3.67. The van der Waals surface area contributed by atoms with Crippen molar-refractivity contribution in [1.82, 2.24) is 10.0 Å². The standard InChI is InChI=1S/C10H12N4O2/c1-12(2)13-7-11-9-5-3-8(14(15)16)4-6-10(9)13/h3-6H,7H2,1-2H3. The third-order valence-corrected chi connectivity index (χ3v) is 2.43. The Morgan fingerprint density at radius 1 is 1.44 bits per heavy atom. The number of nitrogens with zero attached hydrogens (tertiary/aromatic N) is 4. The number of allylic oxidation sites excluding steroid dienone is 4. The average Bonchev–Trinajstić information content (AvgIpc) is 2.50. The van der Waals surface area contributed by atoms with Gasteiger partial charge in [-0.1, -0.05) is 0 Å². The lowest BCUT2D eigenvalue weighted by Gasteiger charge is -2.26. The highest BCUT2D eigenvalue weighted by atomic mass is 16.6. The van der Waals surface area contributed by atoms with E-state index in [4.69, 9.17) is 0 Å². The predicted octanol–water partition coefficient (Wildman–Crippen LogP) is 0.791. The van der Waals surface area contributed by atoms with Gasteiger partial charge in [-0.3, -0.25) is 20.1 Å². The Morgan fingerprint density at radius 3 is 2.81 bits per heavy atom. The van der Waals surface area contributed by atoms with Crippen LogP contribution in [0.25, 0.3) is 0 Å². The maximum absolute atomic E-state index is 10.6. The molecule has 0 aromatic carbocycles. The summed E-state index contributed by atoms with van der Waals surface area (Å²) in [5, 5.41) is 14.5. The van der Waals surface area contributed by atoms with Gasteiger partial charge in [-0.2, -0.15) is 0 Å². The highest BCUT2D eigenvalue weighted by molar-refractivity contribution is 6.09. The molecule has 1 aliphatic heterocycles. The summed E-state index contributed by atoms with van der Waals surface area (Å²) in [6.45, 7) is 0.556. The maximum atomic E-state index is 10.6. The fraction of sp³-hybridized carbons (Fsp3) is 0.300. The lowest BCUT2D eigenvalue weighted by Crippen LogP contribution is -2.34. The van der Waals surface area contributed by atoms with Gasteiger partial charge >= 0.3 is 0 Å². The molecule has 0 bridgehead atoms. The molecule has 1 aliphatic carbocycles. The fourth-order valence-corrected chi connectivity index (χ4v) is 1.59. The summed E-state index contributed by atoms with van der Waals surface area (Å²) < 4.78 is 0. The molecule has 0 atom stereocenters. The molecular weight excluding hydrogens is 208 g/mol. The van der Waals surface area contributed by atoms with Crippen LogP contribution < -0.4 is 0 Å². The topological polar surface area (TPSA) is 62.0 Å². The van der Waals surface area contributed by atoms with Crippen LogP contribution in [0.15, 0.2) is 40.7 Å². The van der Waals surface area contributed by atoms with Crippen LogP contribution in [-0.2, 0) is 0 Å². The van der Waals surface area contributed by atoms with E-state index >= 15 is 0 Å². The Kier molecular flexibility index (Phi) is 2.57. The van der Waals surface area contributed by atoms with Gasteiger partial charge in [0.2, 0.25) is 0 Å². The van der Waals surface area contributed by atoms with Gasteiger partial charge < -0.3 is 0 Å². The minimum absolute atomic E-state index is 0.0725. The molecule has 0 saturated heterocycles. The second kappa shape index (κ2) is 3.90. The van der Waals surface area contributed by atoms with Crippen molar-refractivity contribution in [2.75, 3.05) is 20.8 Å². The summed E-state index contributed by atoms with van der Waals surface area (Å²) in [6, 6.07) is 0. The molecule has 0 aromatic rings. The largest absolute Gasteiger partial charge is 0.283 e. The number of nitro groups is 1. The van der Waals surface area contributed by atoms with Crippen molar-refractivity contribution in [3.63, 3.8) is 0 Å². The van der Waals surface area contributed by atoms with Gasteiger partial charge in [0.05, 0.1) is 16.3 Å². The molecule has 1 heterocycles. The second-order valence-electron chi connectivity index (χ2n) is 3.67. The lowest BCUT2D eigenvalue weighted by atomic mass is 10.2. The SMILES string of the molecule is CN(C)N1CN=C2C=CC([N+](=O)[O-])=CC=C21. The fourth-order valence-electron chi connectivity index (χ4n) is 1.59. The average molecular weight is 220 g/mol. The zero-order chi connectivity index (χ0) is 11.7. The Hall–Kier alpha value is -1.95. The van der Waals surface area contributed by atoms with Crippen molar-refractivity contribution in [2.45, 2.75) is 0 Å². The number of fused-ring (bicyclic) bond motifs is 1.